The van der Waals surface area contributed by atoms with Crippen molar-refractivity contribution in [1.29, 1.82) is 0 Å². The Morgan fingerprint density at radius 3 is 2.64 bits per heavy atom. The van der Waals surface area contributed by atoms with Crippen molar-refractivity contribution < 1.29 is 9.18 Å². The summed E-state index contributed by atoms with van der Waals surface area (Å²) in [6.07, 6.45) is 7.68. The molecule has 28 heavy (non-hydrogen) atoms. The topological polar surface area (TPSA) is 54.7 Å². The van der Waals surface area contributed by atoms with Gasteiger partial charge in [-0.25, -0.2) is 9.37 Å². The first-order valence-corrected chi connectivity index (χ1v) is 9.65. The van der Waals surface area contributed by atoms with E-state index in [0.29, 0.717) is 18.6 Å². The van der Waals surface area contributed by atoms with Crippen molar-refractivity contribution >= 4 is 11.6 Å². The van der Waals surface area contributed by atoms with Crippen LogP contribution in [0.15, 0.2) is 59.7 Å². The van der Waals surface area contributed by atoms with Crippen LogP contribution in [0.25, 0.3) is 5.65 Å². The molecule has 1 fully saturated rings. The summed E-state index contributed by atoms with van der Waals surface area (Å²) in [6.45, 7) is 0.492. The second-order valence-electron chi connectivity index (χ2n) is 7.22. The Labute approximate surface area is 162 Å². The summed E-state index contributed by atoms with van der Waals surface area (Å²) >= 11 is 0. The highest BCUT2D eigenvalue weighted by atomic mass is 19.1. The maximum atomic E-state index is 13.3. The quantitative estimate of drug-likeness (QED) is 0.682. The molecule has 0 unspecified atom stereocenters. The highest BCUT2D eigenvalue weighted by Gasteiger charge is 2.29. The summed E-state index contributed by atoms with van der Waals surface area (Å²) in [4.78, 5) is 32.2. The van der Waals surface area contributed by atoms with Crippen LogP contribution >= 0.6 is 0 Å². The highest BCUT2D eigenvalue weighted by Crippen LogP contribution is 2.25. The van der Waals surface area contributed by atoms with Gasteiger partial charge in [-0.3, -0.25) is 14.0 Å². The van der Waals surface area contributed by atoms with Gasteiger partial charge in [-0.1, -0.05) is 31.0 Å². The Kier molecular flexibility index (Phi) is 5.19. The lowest BCUT2D eigenvalue weighted by atomic mass is 10.1. The normalized spacial score (nSPS) is 14.5. The monoisotopic (exact) mass is 379 g/mol. The van der Waals surface area contributed by atoms with E-state index in [1.54, 1.807) is 36.5 Å². The lowest BCUT2D eigenvalue weighted by molar-refractivity contribution is 0.0681. The molecule has 0 N–H and O–H groups in total. The van der Waals surface area contributed by atoms with Gasteiger partial charge in [0.2, 0.25) is 0 Å². The molecule has 3 aromatic rings. The van der Waals surface area contributed by atoms with Crippen LogP contribution in [-0.2, 0) is 6.42 Å². The number of hydrogen-bond acceptors (Lipinski definition) is 3. The fourth-order valence-corrected chi connectivity index (χ4v) is 3.89. The molecule has 0 spiro atoms. The Morgan fingerprint density at radius 2 is 1.89 bits per heavy atom. The second-order valence-corrected chi connectivity index (χ2v) is 7.22. The lowest BCUT2D eigenvalue weighted by Gasteiger charge is -2.29. The number of aromatic nitrogens is 2. The third-order valence-electron chi connectivity index (χ3n) is 5.42. The predicted molar refractivity (Wildman–Crippen MR) is 105 cm³/mol. The molecule has 5 nitrogen and oxygen atoms in total. The number of benzene rings is 1. The van der Waals surface area contributed by atoms with Gasteiger partial charge in [0, 0.05) is 25.0 Å². The van der Waals surface area contributed by atoms with E-state index >= 15 is 0 Å². The number of carbonyl (C=O) groups is 1. The minimum atomic E-state index is -0.347. The molecule has 144 valence electrons. The van der Waals surface area contributed by atoms with Gasteiger partial charge in [-0.05, 0) is 49.1 Å². The van der Waals surface area contributed by atoms with Crippen molar-refractivity contribution in [3.05, 3.63) is 82.2 Å². The Balaban J connectivity index is 1.62. The molecule has 6 heteroatoms. The van der Waals surface area contributed by atoms with Crippen LogP contribution in [0.3, 0.4) is 0 Å². The number of halogens is 1. The molecule has 2 heterocycles. The molecule has 1 aliphatic carbocycles. The number of rotatable bonds is 5. The Morgan fingerprint density at radius 1 is 1.14 bits per heavy atom. The summed E-state index contributed by atoms with van der Waals surface area (Å²) < 4.78 is 14.5. The fraction of sp³-hybridized carbons (Fsp3) is 0.318. The van der Waals surface area contributed by atoms with Crippen molar-refractivity contribution in [3.63, 3.8) is 0 Å². The van der Waals surface area contributed by atoms with Gasteiger partial charge in [-0.2, -0.15) is 0 Å². The van der Waals surface area contributed by atoms with Crippen LogP contribution in [0.5, 0.6) is 0 Å². The third kappa shape index (κ3) is 3.67. The maximum Gasteiger partial charge on any atom is 0.270 e. The van der Waals surface area contributed by atoms with Crippen molar-refractivity contribution in [1.82, 2.24) is 14.3 Å². The minimum Gasteiger partial charge on any atom is -0.335 e. The van der Waals surface area contributed by atoms with Crippen molar-refractivity contribution in [3.8, 4) is 0 Å². The van der Waals surface area contributed by atoms with Gasteiger partial charge in [0.1, 0.15) is 17.0 Å². The largest absolute Gasteiger partial charge is 0.335 e. The van der Waals surface area contributed by atoms with Crippen molar-refractivity contribution in [2.45, 2.75) is 38.1 Å². The second kappa shape index (κ2) is 7.92. The molecular formula is C22H22FN3O2. The SMILES string of the molecule is O=C(c1cnc2ccccn2c1=O)N(CCc1ccc(F)cc1)C1CCCC1. The molecule has 0 radical (unpaired) electrons. The number of fused-ring (bicyclic) bond motifs is 1. The Bertz CT molecular complexity index is 1040. The van der Waals surface area contributed by atoms with Gasteiger partial charge in [-0.15, -0.1) is 0 Å². The van der Waals surface area contributed by atoms with E-state index in [4.69, 9.17) is 0 Å². The zero-order valence-corrected chi connectivity index (χ0v) is 15.6. The van der Waals surface area contributed by atoms with Gasteiger partial charge in [0.25, 0.3) is 11.5 Å². The molecule has 1 saturated carbocycles. The first-order valence-electron chi connectivity index (χ1n) is 9.65. The van der Waals surface area contributed by atoms with Gasteiger partial charge < -0.3 is 4.90 Å². The van der Waals surface area contributed by atoms with E-state index < -0.39 is 0 Å². The first kappa shape index (κ1) is 18.3. The van der Waals surface area contributed by atoms with Crippen LogP contribution in [0, 0.1) is 5.82 Å². The summed E-state index contributed by atoms with van der Waals surface area (Å²) in [5, 5.41) is 0. The van der Waals surface area contributed by atoms with Crippen LogP contribution in [0.2, 0.25) is 0 Å². The van der Waals surface area contributed by atoms with E-state index in [9.17, 15) is 14.0 Å². The van der Waals surface area contributed by atoms with Crippen LogP contribution in [-0.4, -0.2) is 32.8 Å². The summed E-state index contributed by atoms with van der Waals surface area (Å²) in [5.74, 6) is -0.549. The van der Waals surface area contributed by atoms with Gasteiger partial charge >= 0.3 is 0 Å². The van der Waals surface area contributed by atoms with Crippen LogP contribution in [0.1, 0.15) is 41.6 Å². The standard InChI is InChI=1S/C22H22FN3O2/c23-17-10-8-16(9-11-17)12-14-25(18-5-1-2-6-18)21(27)19-15-24-20-7-3-4-13-26(20)22(19)28/h3-4,7-11,13,15,18H,1-2,5-6,12,14H2. The average Bonchev–Trinajstić information content (AvgIpc) is 3.24. The molecule has 0 saturated heterocycles. The zero-order valence-electron chi connectivity index (χ0n) is 15.6. The van der Waals surface area contributed by atoms with Crippen molar-refractivity contribution in [2.75, 3.05) is 6.54 Å². The molecule has 1 amide bonds. The lowest BCUT2D eigenvalue weighted by Crippen LogP contribution is -2.42. The van der Waals surface area contributed by atoms with Gasteiger partial charge in [0.05, 0.1) is 0 Å². The zero-order chi connectivity index (χ0) is 19.5. The molecule has 4 rings (SSSR count). The van der Waals surface area contributed by atoms with E-state index in [1.807, 2.05) is 4.90 Å². The molecule has 0 aliphatic heterocycles. The van der Waals surface area contributed by atoms with E-state index in [2.05, 4.69) is 4.98 Å². The number of carbonyl (C=O) groups excluding carboxylic acids is 1. The van der Waals surface area contributed by atoms with Gasteiger partial charge in [0.15, 0.2) is 0 Å². The summed E-state index contributed by atoms with van der Waals surface area (Å²) in [5.41, 5.74) is 1.23. The average molecular weight is 379 g/mol. The minimum absolute atomic E-state index is 0.0923. The molecule has 1 aromatic carbocycles. The van der Waals surface area contributed by atoms with Crippen LogP contribution in [0.4, 0.5) is 4.39 Å². The molecular weight excluding hydrogens is 357 g/mol. The highest BCUT2D eigenvalue weighted by molar-refractivity contribution is 5.94. The number of amides is 1. The van der Waals surface area contributed by atoms with E-state index in [-0.39, 0.29) is 28.9 Å². The fourth-order valence-electron chi connectivity index (χ4n) is 3.89. The first-order chi connectivity index (χ1) is 13.6. The van der Waals surface area contributed by atoms with Crippen LogP contribution < -0.4 is 5.56 Å². The molecule has 1 aliphatic rings. The maximum absolute atomic E-state index is 13.3. The number of nitrogens with zero attached hydrogens (tertiary/aromatic N) is 3. The van der Waals surface area contributed by atoms with Crippen molar-refractivity contribution in [2.24, 2.45) is 0 Å². The smallest absolute Gasteiger partial charge is 0.270 e. The van der Waals surface area contributed by atoms with E-state index in [1.165, 1.54) is 22.7 Å². The number of hydrogen-bond donors (Lipinski definition) is 0. The Hall–Kier alpha value is -3.02. The molecule has 2 aromatic heterocycles. The predicted octanol–water partition coefficient (Wildman–Crippen LogP) is 3.46. The molecule has 0 bridgehead atoms. The number of pyridine rings is 1. The van der Waals surface area contributed by atoms with E-state index in [0.717, 1.165) is 31.2 Å². The molecule has 0 atom stereocenters. The third-order valence-corrected chi connectivity index (χ3v) is 5.42. The summed E-state index contributed by atoms with van der Waals surface area (Å²) in [7, 11) is 0. The summed E-state index contributed by atoms with van der Waals surface area (Å²) in [6, 6.07) is 11.7.